The average molecular weight is 597 g/mol. The Morgan fingerprint density at radius 3 is 2.20 bits per heavy atom. The number of amides is 3. The summed E-state index contributed by atoms with van der Waals surface area (Å²) in [5.74, 6) is -1.11. The van der Waals surface area contributed by atoms with Gasteiger partial charge in [0.05, 0.1) is 18.5 Å². The van der Waals surface area contributed by atoms with Gasteiger partial charge < -0.3 is 26.2 Å². The third-order valence-corrected chi connectivity index (χ3v) is 11.9. The lowest BCUT2D eigenvalue weighted by molar-refractivity contribution is -0.148. The summed E-state index contributed by atoms with van der Waals surface area (Å²) in [7, 11) is 2.50. The first-order chi connectivity index (χ1) is 19.1. The van der Waals surface area contributed by atoms with Crippen molar-refractivity contribution in [2.24, 2.45) is 23.2 Å². The van der Waals surface area contributed by atoms with E-state index in [4.69, 9.17) is 0 Å². The molecule has 40 heavy (non-hydrogen) atoms. The number of piperidine rings is 1. The maximum absolute atomic E-state index is 13.8. The highest BCUT2D eigenvalue weighted by atomic mass is 33.1. The van der Waals surface area contributed by atoms with Gasteiger partial charge in [0.2, 0.25) is 17.7 Å². The summed E-state index contributed by atoms with van der Waals surface area (Å²) >= 11 is 0. The molecule has 6 rings (SSSR count). The first-order valence-corrected chi connectivity index (χ1v) is 17.0. The Balaban J connectivity index is 1.35. The van der Waals surface area contributed by atoms with Crippen molar-refractivity contribution in [1.29, 1.82) is 0 Å². The molecule has 6 fully saturated rings. The normalized spacial score (nSPS) is 38.9. The van der Waals surface area contributed by atoms with Crippen LogP contribution in [0.3, 0.4) is 0 Å². The van der Waals surface area contributed by atoms with E-state index in [1.54, 1.807) is 0 Å². The zero-order valence-corrected chi connectivity index (χ0v) is 24.3. The Labute approximate surface area is 242 Å². The highest BCUT2D eigenvalue weighted by Crippen LogP contribution is 2.60. The molecule has 13 heteroatoms. The first kappa shape index (κ1) is 29.5. The molecular formula is C27H40N4O7S2. The number of hydrogen-bond acceptors (Lipinski definition) is 8. The highest BCUT2D eigenvalue weighted by Gasteiger charge is 2.55. The van der Waals surface area contributed by atoms with Crippen LogP contribution in [-0.4, -0.2) is 93.5 Å². The lowest BCUT2D eigenvalue weighted by Crippen LogP contribution is -2.60. The summed E-state index contributed by atoms with van der Waals surface area (Å²) in [6.07, 6.45) is 7.97. The van der Waals surface area contributed by atoms with Gasteiger partial charge in [0.15, 0.2) is 0 Å². The van der Waals surface area contributed by atoms with E-state index in [1.165, 1.54) is 40.9 Å². The minimum Gasteiger partial charge on any atom is -0.481 e. The van der Waals surface area contributed by atoms with Crippen molar-refractivity contribution in [3.05, 3.63) is 0 Å². The van der Waals surface area contributed by atoms with Crippen LogP contribution in [0.15, 0.2) is 0 Å². The molecular weight excluding hydrogens is 556 g/mol. The molecule has 0 unspecified atom stereocenters. The van der Waals surface area contributed by atoms with Gasteiger partial charge in [-0.2, -0.15) is 0 Å². The summed E-state index contributed by atoms with van der Waals surface area (Å²) in [6.45, 7) is 0.685. The third-order valence-electron chi connectivity index (χ3n) is 9.45. The van der Waals surface area contributed by atoms with Crippen molar-refractivity contribution in [2.75, 3.05) is 24.6 Å². The Morgan fingerprint density at radius 2 is 1.57 bits per heavy atom. The number of nitrogens with one attached hydrogen (secondary N) is 3. The number of carboxylic acid groups (broad SMARTS) is 2. The molecule has 11 nitrogen and oxygen atoms in total. The molecule has 0 spiro atoms. The van der Waals surface area contributed by atoms with Gasteiger partial charge in [-0.25, -0.2) is 4.79 Å². The summed E-state index contributed by atoms with van der Waals surface area (Å²) in [5.41, 5.74) is -0.438. The van der Waals surface area contributed by atoms with Crippen LogP contribution in [0.4, 0.5) is 0 Å². The monoisotopic (exact) mass is 596 g/mol. The van der Waals surface area contributed by atoms with Crippen molar-refractivity contribution < 1.29 is 34.2 Å². The van der Waals surface area contributed by atoms with Gasteiger partial charge in [-0.05, 0) is 75.7 Å². The number of rotatable bonds is 5. The van der Waals surface area contributed by atoms with E-state index >= 15 is 0 Å². The fraction of sp³-hybridized carbons (Fsp3) is 0.815. The summed E-state index contributed by atoms with van der Waals surface area (Å²) in [6, 6.07) is -3.35. The Hall–Kier alpha value is -1.99. The van der Waals surface area contributed by atoms with Crippen LogP contribution < -0.4 is 16.0 Å². The standard InChI is InChI=1S/C27H40N4O7S2/c32-22(33)8-18-12-31-4-2-1-3-21(31)24(35)29-20(25(36)37)14-40-39-13-19(23(34)28-18)30-26(38)27-9-15-5-16(10-27)7-17(6-15)11-27/h15-21H,1-14H2,(H,28,34)(H,29,35)(H,30,38)(H,32,33)(H,36,37)/t15?,16?,17?,18-,19-,20-,21-,27?/m0/s1. The minimum atomic E-state index is -1.14. The summed E-state index contributed by atoms with van der Waals surface area (Å²) in [5, 5.41) is 27.9. The van der Waals surface area contributed by atoms with Crippen molar-refractivity contribution in [1.82, 2.24) is 20.9 Å². The topological polar surface area (TPSA) is 165 Å². The maximum Gasteiger partial charge on any atom is 0.327 e. The second-order valence-electron chi connectivity index (χ2n) is 12.5. The second kappa shape index (κ2) is 12.5. The van der Waals surface area contributed by atoms with Crippen LogP contribution in [0.5, 0.6) is 0 Å². The van der Waals surface area contributed by atoms with E-state index in [-0.39, 0.29) is 30.4 Å². The van der Waals surface area contributed by atoms with Crippen LogP contribution in [0.25, 0.3) is 0 Å². The van der Waals surface area contributed by atoms with E-state index < -0.39 is 53.3 Å². The molecule has 0 aromatic rings. The molecule has 3 amide bonds. The molecule has 2 heterocycles. The smallest absolute Gasteiger partial charge is 0.327 e. The zero-order valence-electron chi connectivity index (χ0n) is 22.6. The largest absolute Gasteiger partial charge is 0.481 e. The fourth-order valence-electron chi connectivity index (χ4n) is 8.02. The highest BCUT2D eigenvalue weighted by molar-refractivity contribution is 8.76. The van der Waals surface area contributed by atoms with Gasteiger partial charge in [-0.3, -0.25) is 24.1 Å². The van der Waals surface area contributed by atoms with E-state index in [0.29, 0.717) is 30.7 Å². The number of carbonyl (C=O) groups excluding carboxylic acids is 3. The van der Waals surface area contributed by atoms with Crippen LogP contribution in [0.2, 0.25) is 0 Å². The maximum atomic E-state index is 13.8. The zero-order chi connectivity index (χ0) is 28.4. The average Bonchev–Trinajstić information content (AvgIpc) is 2.88. The summed E-state index contributed by atoms with van der Waals surface area (Å²) < 4.78 is 0. The number of carbonyl (C=O) groups is 5. The van der Waals surface area contributed by atoms with Gasteiger partial charge in [-0.15, -0.1) is 0 Å². The van der Waals surface area contributed by atoms with Gasteiger partial charge in [-0.1, -0.05) is 28.0 Å². The van der Waals surface area contributed by atoms with Crippen molar-refractivity contribution >= 4 is 51.2 Å². The van der Waals surface area contributed by atoms with Crippen molar-refractivity contribution in [3.63, 3.8) is 0 Å². The van der Waals surface area contributed by atoms with Crippen LogP contribution in [-0.2, 0) is 24.0 Å². The molecule has 0 aromatic carbocycles. The molecule has 2 aliphatic heterocycles. The van der Waals surface area contributed by atoms with Gasteiger partial charge >= 0.3 is 11.9 Å². The number of nitrogens with zero attached hydrogens (tertiary/aromatic N) is 1. The van der Waals surface area contributed by atoms with Gasteiger partial charge in [0, 0.05) is 23.5 Å². The number of carboxylic acids is 2. The quantitative estimate of drug-likeness (QED) is 0.294. The molecule has 5 N–H and O–H groups in total. The van der Waals surface area contributed by atoms with E-state index in [2.05, 4.69) is 16.0 Å². The van der Waals surface area contributed by atoms with Crippen molar-refractivity contribution in [2.45, 2.75) is 88.4 Å². The SMILES string of the molecule is O=C(O)C[C@H]1CN2CCCC[C@H]2C(=O)N[C@H](C(=O)O)CSSC[C@H](NC(=O)C23CC4CC(CC(C4)C2)C3)C(=O)N1. The molecule has 6 aliphatic rings. The molecule has 0 aromatic heterocycles. The third kappa shape index (κ3) is 6.73. The molecule has 4 saturated carbocycles. The predicted octanol–water partition coefficient (Wildman–Crippen LogP) is 1.47. The first-order valence-electron chi connectivity index (χ1n) is 14.5. The lowest BCUT2D eigenvalue weighted by Gasteiger charge is -2.55. The van der Waals surface area contributed by atoms with Crippen LogP contribution in [0, 0.1) is 23.2 Å². The summed E-state index contributed by atoms with van der Waals surface area (Å²) in [4.78, 5) is 65.9. The fourth-order valence-corrected chi connectivity index (χ4v) is 10.3. The van der Waals surface area contributed by atoms with Crippen LogP contribution >= 0.6 is 21.6 Å². The van der Waals surface area contributed by atoms with Gasteiger partial charge in [0.1, 0.15) is 12.1 Å². The molecule has 222 valence electrons. The van der Waals surface area contributed by atoms with Gasteiger partial charge in [0.25, 0.3) is 0 Å². The molecule has 4 aliphatic carbocycles. The Bertz CT molecular complexity index is 992. The molecule has 0 radical (unpaired) electrons. The molecule has 4 atom stereocenters. The van der Waals surface area contributed by atoms with E-state index in [0.717, 1.165) is 32.1 Å². The van der Waals surface area contributed by atoms with E-state index in [1.807, 2.05) is 4.90 Å². The Morgan fingerprint density at radius 1 is 0.925 bits per heavy atom. The molecule has 4 bridgehead atoms. The van der Waals surface area contributed by atoms with Crippen LogP contribution in [0.1, 0.15) is 64.2 Å². The number of aliphatic carboxylic acids is 2. The minimum absolute atomic E-state index is 0.0833. The predicted molar refractivity (Wildman–Crippen MR) is 150 cm³/mol. The van der Waals surface area contributed by atoms with Crippen molar-refractivity contribution in [3.8, 4) is 0 Å². The second-order valence-corrected chi connectivity index (χ2v) is 15.1. The molecule has 2 saturated heterocycles. The number of fused-ring (bicyclic) bond motifs is 1. The number of hydrogen-bond donors (Lipinski definition) is 5. The van der Waals surface area contributed by atoms with E-state index in [9.17, 15) is 34.2 Å². The lowest BCUT2D eigenvalue weighted by atomic mass is 9.49. The Kier molecular flexibility index (Phi) is 9.20.